The van der Waals surface area contributed by atoms with Crippen molar-refractivity contribution in [1.29, 1.82) is 0 Å². The number of nitrogens with two attached hydrogens (primary N) is 1. The zero-order chi connectivity index (χ0) is 14.0. The number of hydrogen-bond acceptors (Lipinski definition) is 9. The number of aliphatic hydroxyl groups excluding tert-OH is 2. The lowest BCUT2D eigenvalue weighted by Crippen LogP contribution is -2.25. The molecule has 19 heavy (non-hydrogen) atoms. The maximum Gasteiger partial charge on any atom is 0.323 e. The summed E-state index contributed by atoms with van der Waals surface area (Å²) in [4.78, 5) is 13.8. The first kappa shape index (κ1) is 13.7. The molecular formula is C10H18N6O3. The van der Waals surface area contributed by atoms with Crippen LogP contribution in [0.2, 0.25) is 0 Å². The Balaban J connectivity index is 2.24. The number of β-amino-alcohol motifs (C(OH)–C–C–N with tert-alkyl or cyclic N) is 2. The molecule has 1 aliphatic heterocycles. The molecule has 1 saturated heterocycles. The minimum atomic E-state index is -0.819. The van der Waals surface area contributed by atoms with Crippen molar-refractivity contribution in [3.05, 3.63) is 0 Å². The summed E-state index contributed by atoms with van der Waals surface area (Å²) >= 11 is 0. The molecular weight excluding hydrogens is 252 g/mol. The van der Waals surface area contributed by atoms with Gasteiger partial charge in [-0.1, -0.05) is 0 Å². The van der Waals surface area contributed by atoms with Crippen molar-refractivity contribution in [1.82, 2.24) is 15.0 Å². The summed E-state index contributed by atoms with van der Waals surface area (Å²) in [5.41, 5.74) is 2.33. The van der Waals surface area contributed by atoms with Gasteiger partial charge in [-0.2, -0.15) is 15.0 Å². The Kier molecular flexibility index (Phi) is 3.98. The van der Waals surface area contributed by atoms with Gasteiger partial charge in [-0.3, -0.25) is 5.43 Å². The molecule has 0 amide bonds. The van der Waals surface area contributed by atoms with E-state index in [2.05, 4.69) is 20.4 Å². The van der Waals surface area contributed by atoms with Crippen LogP contribution in [0, 0.1) is 0 Å². The van der Waals surface area contributed by atoms with Crippen LogP contribution in [-0.2, 0) is 0 Å². The third-order valence-electron chi connectivity index (χ3n) is 2.62. The van der Waals surface area contributed by atoms with Gasteiger partial charge in [0.15, 0.2) is 0 Å². The Hall–Kier alpha value is -1.71. The van der Waals surface area contributed by atoms with Crippen LogP contribution >= 0.6 is 0 Å². The first-order valence-corrected chi connectivity index (χ1v) is 6.00. The molecule has 2 atom stereocenters. The molecule has 2 rings (SSSR count). The number of rotatable bonds is 4. The number of nitrogens with one attached hydrogen (secondary N) is 1. The third-order valence-corrected chi connectivity index (χ3v) is 2.62. The number of hydrazine groups is 1. The van der Waals surface area contributed by atoms with E-state index < -0.39 is 12.2 Å². The van der Waals surface area contributed by atoms with E-state index >= 15 is 0 Å². The van der Waals surface area contributed by atoms with E-state index in [1.54, 1.807) is 4.90 Å². The fourth-order valence-electron chi connectivity index (χ4n) is 1.75. The van der Waals surface area contributed by atoms with Crippen LogP contribution in [0.25, 0.3) is 0 Å². The van der Waals surface area contributed by atoms with E-state index in [0.717, 1.165) is 0 Å². The van der Waals surface area contributed by atoms with E-state index in [1.807, 2.05) is 13.8 Å². The average molecular weight is 270 g/mol. The minimum absolute atomic E-state index is 0.0874. The van der Waals surface area contributed by atoms with E-state index in [0.29, 0.717) is 5.95 Å². The maximum absolute atomic E-state index is 9.54. The molecule has 2 heterocycles. The van der Waals surface area contributed by atoms with Crippen molar-refractivity contribution in [3.63, 3.8) is 0 Å². The Morgan fingerprint density at radius 1 is 1.26 bits per heavy atom. The Bertz CT molecular complexity index is 433. The number of nitrogen functional groups attached to an aromatic ring is 1. The van der Waals surface area contributed by atoms with Crippen LogP contribution in [0.5, 0.6) is 6.01 Å². The second-order valence-corrected chi connectivity index (χ2v) is 4.59. The lowest BCUT2D eigenvalue weighted by Gasteiger charge is -2.17. The summed E-state index contributed by atoms with van der Waals surface area (Å²) < 4.78 is 5.40. The molecule has 0 bridgehead atoms. The SMILES string of the molecule is CC(C)Oc1nc(NN)nc(N2CC(O)C(O)C2)n1. The Labute approximate surface area is 110 Å². The van der Waals surface area contributed by atoms with Gasteiger partial charge in [0.05, 0.1) is 18.3 Å². The lowest BCUT2D eigenvalue weighted by molar-refractivity contribution is 0.0572. The first-order valence-electron chi connectivity index (χ1n) is 6.00. The summed E-state index contributed by atoms with van der Waals surface area (Å²) in [6, 6.07) is 0.142. The first-order chi connectivity index (χ1) is 8.99. The highest BCUT2D eigenvalue weighted by Crippen LogP contribution is 2.20. The molecule has 0 aromatic carbocycles. The average Bonchev–Trinajstić information content (AvgIpc) is 2.68. The lowest BCUT2D eigenvalue weighted by atomic mass is 10.3. The van der Waals surface area contributed by atoms with Crippen molar-refractivity contribution in [3.8, 4) is 6.01 Å². The van der Waals surface area contributed by atoms with Gasteiger partial charge in [0.2, 0.25) is 11.9 Å². The summed E-state index contributed by atoms with van der Waals surface area (Å²) in [5, 5.41) is 19.1. The summed E-state index contributed by atoms with van der Waals surface area (Å²) in [6.07, 6.45) is -1.73. The van der Waals surface area contributed by atoms with Gasteiger partial charge in [0.1, 0.15) is 0 Å². The molecule has 0 aliphatic carbocycles. The van der Waals surface area contributed by atoms with Crippen LogP contribution in [0.1, 0.15) is 13.8 Å². The van der Waals surface area contributed by atoms with Crippen molar-refractivity contribution in [2.45, 2.75) is 32.2 Å². The van der Waals surface area contributed by atoms with Crippen molar-refractivity contribution in [2.24, 2.45) is 5.84 Å². The zero-order valence-electron chi connectivity index (χ0n) is 10.8. The van der Waals surface area contributed by atoms with Crippen LogP contribution < -0.4 is 20.9 Å². The Morgan fingerprint density at radius 2 is 1.89 bits per heavy atom. The highest BCUT2D eigenvalue weighted by molar-refractivity contribution is 5.39. The highest BCUT2D eigenvalue weighted by atomic mass is 16.5. The van der Waals surface area contributed by atoms with Crippen LogP contribution in [0.4, 0.5) is 11.9 Å². The third kappa shape index (κ3) is 3.19. The predicted molar refractivity (Wildman–Crippen MR) is 67.6 cm³/mol. The smallest absolute Gasteiger partial charge is 0.323 e. The van der Waals surface area contributed by atoms with Gasteiger partial charge in [-0.15, -0.1) is 0 Å². The standard InChI is InChI=1S/C10H18N6O3/c1-5(2)19-10-13-8(15-11)12-9(14-10)16-3-6(17)7(18)4-16/h5-7,17-18H,3-4,11H2,1-2H3,(H,12,13,14,15). The Morgan fingerprint density at radius 3 is 2.42 bits per heavy atom. The van der Waals surface area contributed by atoms with Crippen LogP contribution in [0.3, 0.4) is 0 Å². The van der Waals surface area contributed by atoms with Gasteiger partial charge in [0.25, 0.3) is 0 Å². The molecule has 2 unspecified atom stereocenters. The highest BCUT2D eigenvalue weighted by Gasteiger charge is 2.31. The number of ether oxygens (including phenoxy) is 1. The van der Waals surface area contributed by atoms with Crippen molar-refractivity contribution in [2.75, 3.05) is 23.4 Å². The normalized spacial score (nSPS) is 22.9. The molecule has 1 aromatic rings. The molecule has 5 N–H and O–H groups in total. The van der Waals surface area contributed by atoms with Crippen LogP contribution in [0.15, 0.2) is 0 Å². The molecule has 0 saturated carbocycles. The summed E-state index contributed by atoms with van der Waals surface area (Å²) in [5.74, 6) is 5.76. The number of aromatic nitrogens is 3. The van der Waals surface area contributed by atoms with Crippen molar-refractivity contribution >= 4 is 11.9 Å². The van der Waals surface area contributed by atoms with Gasteiger partial charge in [-0.25, -0.2) is 5.84 Å². The second kappa shape index (κ2) is 5.51. The predicted octanol–water partition coefficient (Wildman–Crippen LogP) is -1.51. The van der Waals surface area contributed by atoms with Crippen molar-refractivity contribution < 1.29 is 14.9 Å². The van der Waals surface area contributed by atoms with E-state index in [-0.39, 0.29) is 31.2 Å². The second-order valence-electron chi connectivity index (χ2n) is 4.59. The molecule has 106 valence electrons. The summed E-state index contributed by atoms with van der Waals surface area (Å²) in [7, 11) is 0. The minimum Gasteiger partial charge on any atom is -0.461 e. The summed E-state index contributed by atoms with van der Waals surface area (Å²) in [6.45, 7) is 4.19. The van der Waals surface area contributed by atoms with E-state index in [9.17, 15) is 10.2 Å². The molecule has 0 spiro atoms. The largest absolute Gasteiger partial charge is 0.461 e. The number of aliphatic hydroxyl groups is 2. The fourth-order valence-corrected chi connectivity index (χ4v) is 1.75. The maximum atomic E-state index is 9.54. The fraction of sp³-hybridized carbons (Fsp3) is 0.700. The molecule has 0 radical (unpaired) electrons. The van der Waals surface area contributed by atoms with Gasteiger partial charge >= 0.3 is 6.01 Å². The monoisotopic (exact) mass is 270 g/mol. The topological polar surface area (TPSA) is 130 Å². The molecule has 1 fully saturated rings. The zero-order valence-corrected chi connectivity index (χ0v) is 10.8. The van der Waals surface area contributed by atoms with Gasteiger partial charge in [0, 0.05) is 13.1 Å². The van der Waals surface area contributed by atoms with Gasteiger partial charge < -0.3 is 19.8 Å². The van der Waals surface area contributed by atoms with E-state index in [4.69, 9.17) is 10.6 Å². The number of anilines is 2. The van der Waals surface area contributed by atoms with Crippen LogP contribution in [-0.4, -0.2) is 56.6 Å². The molecule has 1 aromatic heterocycles. The van der Waals surface area contributed by atoms with Gasteiger partial charge in [-0.05, 0) is 13.8 Å². The quantitative estimate of drug-likeness (QED) is 0.381. The number of hydrogen-bond donors (Lipinski definition) is 4. The molecule has 9 heteroatoms. The molecule has 1 aliphatic rings. The van der Waals surface area contributed by atoms with E-state index in [1.165, 1.54) is 0 Å². The molecule has 9 nitrogen and oxygen atoms in total. The number of nitrogens with zero attached hydrogens (tertiary/aromatic N) is 4.